The largest absolute Gasteiger partial charge is 0.508 e. The molecule has 0 amide bonds. The Hall–Kier alpha value is -1.76. The van der Waals surface area contributed by atoms with Crippen LogP contribution in [-0.4, -0.2) is 5.11 Å². The van der Waals surface area contributed by atoms with Gasteiger partial charge in [-0.05, 0) is 52.5 Å². The highest BCUT2D eigenvalue weighted by atomic mass is 16.3. The third-order valence-electron chi connectivity index (χ3n) is 4.92. The van der Waals surface area contributed by atoms with Crippen molar-refractivity contribution in [3.8, 4) is 5.75 Å². The van der Waals surface area contributed by atoms with Gasteiger partial charge in [0.05, 0.1) is 0 Å². The maximum atomic E-state index is 10.3. The van der Waals surface area contributed by atoms with E-state index in [4.69, 9.17) is 0 Å². The third kappa shape index (κ3) is 4.01. The second-order valence-corrected chi connectivity index (χ2v) is 8.92. The van der Waals surface area contributed by atoms with Crippen LogP contribution in [0.1, 0.15) is 76.1 Å². The molecule has 0 aromatic heterocycles. The summed E-state index contributed by atoms with van der Waals surface area (Å²) in [5.74, 6) is 0.649. The maximum absolute atomic E-state index is 10.3. The Kier molecular flexibility index (Phi) is 5.13. The zero-order chi connectivity index (χ0) is 18.1. The lowest BCUT2D eigenvalue weighted by Crippen LogP contribution is -2.27. The fraction of sp³-hybridized carbons (Fsp3) is 0.478. The minimum Gasteiger partial charge on any atom is -0.508 e. The van der Waals surface area contributed by atoms with Crippen molar-refractivity contribution in [1.82, 2.24) is 0 Å². The second kappa shape index (κ2) is 6.63. The number of benzene rings is 2. The van der Waals surface area contributed by atoms with Crippen LogP contribution in [-0.2, 0) is 5.41 Å². The highest BCUT2D eigenvalue weighted by Gasteiger charge is 2.31. The highest BCUT2D eigenvalue weighted by Crippen LogP contribution is 2.43. The van der Waals surface area contributed by atoms with Crippen molar-refractivity contribution in [3.05, 3.63) is 64.7 Å². The van der Waals surface area contributed by atoms with E-state index in [9.17, 15) is 5.11 Å². The van der Waals surface area contributed by atoms with Crippen LogP contribution in [0.4, 0.5) is 0 Å². The van der Waals surface area contributed by atoms with E-state index in [2.05, 4.69) is 77.9 Å². The van der Waals surface area contributed by atoms with Gasteiger partial charge in [-0.3, -0.25) is 0 Å². The normalized spacial score (nSPS) is 13.8. The molecule has 2 aromatic carbocycles. The summed E-state index contributed by atoms with van der Waals surface area (Å²) in [6.45, 7) is 15.8. The van der Waals surface area contributed by atoms with E-state index >= 15 is 0 Å². The first-order valence-corrected chi connectivity index (χ1v) is 8.91. The number of hydrogen-bond donors (Lipinski definition) is 1. The van der Waals surface area contributed by atoms with Gasteiger partial charge in [-0.2, -0.15) is 0 Å². The number of hydrogen-bond acceptors (Lipinski definition) is 1. The molecule has 0 saturated carbocycles. The molecule has 1 atom stereocenters. The lowest BCUT2D eigenvalue weighted by atomic mass is 9.68. The molecule has 0 fully saturated rings. The Morgan fingerprint density at radius 1 is 0.917 bits per heavy atom. The fourth-order valence-electron chi connectivity index (χ4n) is 4.19. The van der Waals surface area contributed by atoms with E-state index in [1.54, 1.807) is 0 Å². The predicted molar refractivity (Wildman–Crippen MR) is 104 cm³/mol. The molecule has 130 valence electrons. The van der Waals surface area contributed by atoms with Gasteiger partial charge in [-0.15, -0.1) is 0 Å². The van der Waals surface area contributed by atoms with Gasteiger partial charge in [-0.25, -0.2) is 0 Å². The minimum atomic E-state index is 0.0507. The molecular formula is C23H32O. The van der Waals surface area contributed by atoms with Gasteiger partial charge in [0, 0.05) is 5.92 Å². The number of phenolic OH excluding ortho intramolecular Hbond substituents is 1. The Bertz CT molecular complexity index is 690. The molecule has 0 saturated heterocycles. The molecule has 1 N–H and O–H groups in total. The zero-order valence-corrected chi connectivity index (χ0v) is 16.3. The topological polar surface area (TPSA) is 20.2 Å². The van der Waals surface area contributed by atoms with Gasteiger partial charge >= 0.3 is 0 Å². The lowest BCUT2D eigenvalue weighted by molar-refractivity contribution is 0.282. The first-order chi connectivity index (χ1) is 11.0. The molecule has 1 heteroatoms. The van der Waals surface area contributed by atoms with Crippen LogP contribution < -0.4 is 0 Å². The van der Waals surface area contributed by atoms with Gasteiger partial charge in [0.2, 0.25) is 0 Å². The molecule has 2 aromatic rings. The van der Waals surface area contributed by atoms with E-state index in [1.807, 2.05) is 13.0 Å². The summed E-state index contributed by atoms with van der Waals surface area (Å²) in [5, 5.41) is 10.3. The second-order valence-electron chi connectivity index (χ2n) is 8.92. The summed E-state index contributed by atoms with van der Waals surface area (Å²) in [4.78, 5) is 0. The fourth-order valence-corrected chi connectivity index (χ4v) is 4.19. The number of rotatable bonds is 4. The van der Waals surface area contributed by atoms with Crippen molar-refractivity contribution < 1.29 is 5.11 Å². The van der Waals surface area contributed by atoms with Crippen LogP contribution in [0.25, 0.3) is 0 Å². The summed E-state index contributed by atoms with van der Waals surface area (Å²) in [6.07, 6.45) is 1.10. The van der Waals surface area contributed by atoms with Gasteiger partial charge < -0.3 is 5.11 Å². The first-order valence-electron chi connectivity index (χ1n) is 8.91. The highest BCUT2D eigenvalue weighted by molar-refractivity contribution is 5.51. The average molecular weight is 325 g/mol. The van der Waals surface area contributed by atoms with Gasteiger partial charge in [0.25, 0.3) is 0 Å². The van der Waals surface area contributed by atoms with Crippen molar-refractivity contribution in [2.24, 2.45) is 5.41 Å². The zero-order valence-electron chi connectivity index (χ0n) is 16.3. The molecule has 24 heavy (non-hydrogen) atoms. The molecule has 0 aliphatic carbocycles. The summed E-state index contributed by atoms with van der Waals surface area (Å²) in [5.41, 5.74) is 5.22. The lowest BCUT2D eigenvalue weighted by Gasteiger charge is -2.36. The van der Waals surface area contributed by atoms with Crippen molar-refractivity contribution in [3.63, 3.8) is 0 Å². The standard InChI is InChI=1S/C23H32O/c1-16(18-11-9-8-10-12-18)21-17(2)20(24)14-13-19(21)23(6,7)15-22(3,4)5/h8-14,16,24H,15H2,1-7H3. The van der Waals surface area contributed by atoms with E-state index < -0.39 is 0 Å². The molecule has 0 spiro atoms. The summed E-state index contributed by atoms with van der Waals surface area (Å²) < 4.78 is 0. The molecule has 0 heterocycles. The average Bonchev–Trinajstić information content (AvgIpc) is 2.47. The molecule has 1 nitrogen and oxygen atoms in total. The molecule has 0 radical (unpaired) electrons. The van der Waals surface area contributed by atoms with Crippen molar-refractivity contribution >= 4 is 0 Å². The van der Waals surface area contributed by atoms with Crippen LogP contribution in [0.5, 0.6) is 5.75 Å². The Morgan fingerprint density at radius 3 is 2.04 bits per heavy atom. The van der Waals surface area contributed by atoms with E-state index in [-0.39, 0.29) is 16.7 Å². The van der Waals surface area contributed by atoms with Crippen molar-refractivity contribution in [2.45, 2.75) is 66.2 Å². The van der Waals surface area contributed by atoms with Gasteiger partial charge in [0.1, 0.15) is 5.75 Å². The molecular weight excluding hydrogens is 292 g/mol. The number of aromatic hydroxyl groups is 1. The Balaban J connectivity index is 2.60. The van der Waals surface area contributed by atoms with E-state index in [0.29, 0.717) is 5.75 Å². The first kappa shape index (κ1) is 18.6. The minimum absolute atomic E-state index is 0.0507. The third-order valence-corrected chi connectivity index (χ3v) is 4.92. The van der Waals surface area contributed by atoms with Crippen molar-refractivity contribution in [2.75, 3.05) is 0 Å². The Labute approximate surface area is 147 Å². The van der Waals surface area contributed by atoms with Gasteiger partial charge in [0.15, 0.2) is 0 Å². The van der Waals surface area contributed by atoms with Crippen LogP contribution in [0.15, 0.2) is 42.5 Å². The van der Waals surface area contributed by atoms with Crippen LogP contribution in [0.3, 0.4) is 0 Å². The maximum Gasteiger partial charge on any atom is 0.118 e. The Morgan fingerprint density at radius 2 is 1.50 bits per heavy atom. The molecule has 1 unspecified atom stereocenters. The van der Waals surface area contributed by atoms with Crippen LogP contribution in [0, 0.1) is 12.3 Å². The SMILES string of the molecule is Cc1c(O)ccc(C(C)(C)CC(C)(C)C)c1C(C)c1ccccc1. The van der Waals surface area contributed by atoms with Gasteiger partial charge in [-0.1, -0.05) is 77.9 Å². The predicted octanol–water partition coefficient (Wildman–Crippen LogP) is 6.57. The quantitative estimate of drug-likeness (QED) is 0.674. The van der Waals surface area contributed by atoms with E-state index in [0.717, 1.165) is 12.0 Å². The summed E-state index contributed by atoms with van der Waals surface area (Å²) in [6, 6.07) is 14.6. The molecule has 0 bridgehead atoms. The van der Waals surface area contributed by atoms with Crippen LogP contribution >= 0.6 is 0 Å². The number of phenols is 1. The van der Waals surface area contributed by atoms with Crippen LogP contribution in [0.2, 0.25) is 0 Å². The monoisotopic (exact) mass is 324 g/mol. The van der Waals surface area contributed by atoms with E-state index in [1.165, 1.54) is 16.7 Å². The molecule has 0 aliphatic rings. The van der Waals surface area contributed by atoms with Crippen molar-refractivity contribution in [1.29, 1.82) is 0 Å². The molecule has 2 rings (SSSR count). The smallest absolute Gasteiger partial charge is 0.118 e. The molecule has 0 aliphatic heterocycles. The summed E-state index contributed by atoms with van der Waals surface area (Å²) >= 11 is 0. The summed E-state index contributed by atoms with van der Waals surface area (Å²) in [7, 11) is 0.